The van der Waals surface area contributed by atoms with Gasteiger partial charge in [-0.1, -0.05) is 12.1 Å². The van der Waals surface area contributed by atoms with Crippen LogP contribution in [-0.2, 0) is 0 Å². The maximum absolute atomic E-state index is 12.4. The van der Waals surface area contributed by atoms with E-state index in [4.69, 9.17) is 5.73 Å². The molecule has 0 unspecified atom stereocenters. The molecule has 0 aliphatic heterocycles. The first-order chi connectivity index (χ1) is 10.1. The number of imidazole rings is 1. The highest BCUT2D eigenvalue weighted by molar-refractivity contribution is 5.81. The molecule has 0 aliphatic rings. The normalized spacial score (nSPS) is 11.0. The topological polar surface area (TPSA) is 76.0 Å². The number of nitrogen functional groups attached to an aromatic ring is 1. The fourth-order valence-corrected chi connectivity index (χ4v) is 1.98. The van der Waals surface area contributed by atoms with E-state index in [9.17, 15) is 8.78 Å². The van der Waals surface area contributed by atoms with Crippen molar-refractivity contribution < 1.29 is 13.5 Å². The summed E-state index contributed by atoms with van der Waals surface area (Å²) >= 11 is 0. The lowest BCUT2D eigenvalue weighted by Gasteiger charge is -2.10. The van der Waals surface area contributed by atoms with Gasteiger partial charge in [0.25, 0.3) is 0 Å². The van der Waals surface area contributed by atoms with Crippen LogP contribution in [0.3, 0.4) is 0 Å². The Morgan fingerprint density at radius 2 is 2.00 bits per heavy atom. The number of rotatable bonds is 4. The number of nitrogens with zero attached hydrogens (tertiary/aromatic N) is 1. The molecule has 108 valence electrons. The van der Waals surface area contributed by atoms with Gasteiger partial charge in [-0.15, -0.1) is 0 Å². The van der Waals surface area contributed by atoms with Crippen molar-refractivity contribution in [3.63, 3.8) is 0 Å². The third kappa shape index (κ3) is 2.86. The SMILES string of the molecule is Nc1ccc2nc(Nc3ccccc3OC(F)F)[nH]c2c1. The van der Waals surface area contributed by atoms with Crippen LogP contribution in [0.5, 0.6) is 5.75 Å². The number of hydrogen-bond acceptors (Lipinski definition) is 4. The molecule has 0 saturated carbocycles. The first-order valence-corrected chi connectivity index (χ1v) is 6.18. The van der Waals surface area contributed by atoms with E-state index in [0.29, 0.717) is 17.3 Å². The molecule has 2 aromatic carbocycles. The van der Waals surface area contributed by atoms with Crippen LogP contribution in [0.15, 0.2) is 42.5 Å². The third-order valence-electron chi connectivity index (χ3n) is 2.86. The summed E-state index contributed by atoms with van der Waals surface area (Å²) in [4.78, 5) is 7.32. The van der Waals surface area contributed by atoms with Crippen molar-refractivity contribution in [2.45, 2.75) is 6.61 Å². The van der Waals surface area contributed by atoms with Crippen molar-refractivity contribution in [1.29, 1.82) is 0 Å². The zero-order chi connectivity index (χ0) is 14.8. The lowest BCUT2D eigenvalue weighted by molar-refractivity contribution is -0.0493. The van der Waals surface area contributed by atoms with Gasteiger partial charge in [0.15, 0.2) is 0 Å². The Morgan fingerprint density at radius 3 is 2.81 bits per heavy atom. The first kappa shape index (κ1) is 13.2. The maximum atomic E-state index is 12.4. The maximum Gasteiger partial charge on any atom is 0.387 e. The number of H-pyrrole nitrogens is 1. The van der Waals surface area contributed by atoms with Crippen LogP contribution in [-0.4, -0.2) is 16.6 Å². The van der Waals surface area contributed by atoms with Crippen molar-refractivity contribution >= 4 is 28.4 Å². The summed E-state index contributed by atoms with van der Waals surface area (Å²) in [6.45, 7) is -2.89. The van der Waals surface area contributed by atoms with E-state index in [1.807, 2.05) is 0 Å². The number of hydrogen-bond donors (Lipinski definition) is 3. The van der Waals surface area contributed by atoms with Gasteiger partial charge in [0.05, 0.1) is 16.7 Å². The molecule has 1 heterocycles. The Labute approximate surface area is 118 Å². The van der Waals surface area contributed by atoms with E-state index in [1.165, 1.54) is 6.07 Å². The van der Waals surface area contributed by atoms with Crippen LogP contribution in [0.25, 0.3) is 11.0 Å². The monoisotopic (exact) mass is 290 g/mol. The lowest BCUT2D eigenvalue weighted by atomic mass is 10.3. The molecule has 0 aliphatic carbocycles. The standard InChI is InChI=1S/C14H12F2N4O/c15-13(16)21-12-4-2-1-3-10(12)19-14-18-9-6-5-8(17)7-11(9)20-14/h1-7,13H,17H2,(H2,18,19,20). The summed E-state index contributed by atoms with van der Waals surface area (Å²) in [5, 5.41) is 2.92. The highest BCUT2D eigenvalue weighted by atomic mass is 19.3. The van der Waals surface area contributed by atoms with Gasteiger partial charge in [-0.3, -0.25) is 0 Å². The van der Waals surface area contributed by atoms with Gasteiger partial charge in [-0.2, -0.15) is 8.78 Å². The molecule has 0 spiro atoms. The van der Waals surface area contributed by atoms with Crippen LogP contribution in [0, 0.1) is 0 Å². The number of alkyl halides is 2. The minimum Gasteiger partial charge on any atom is -0.433 e. The average Bonchev–Trinajstić information content (AvgIpc) is 2.82. The molecule has 0 bridgehead atoms. The fourth-order valence-electron chi connectivity index (χ4n) is 1.98. The largest absolute Gasteiger partial charge is 0.433 e. The molecular weight excluding hydrogens is 278 g/mol. The average molecular weight is 290 g/mol. The molecule has 4 N–H and O–H groups in total. The summed E-state index contributed by atoms with van der Waals surface area (Å²) in [5.74, 6) is 0.466. The molecule has 0 fully saturated rings. The van der Waals surface area contributed by atoms with Crippen LogP contribution >= 0.6 is 0 Å². The van der Waals surface area contributed by atoms with Gasteiger partial charge >= 0.3 is 6.61 Å². The summed E-state index contributed by atoms with van der Waals surface area (Å²) in [6, 6.07) is 11.7. The Kier molecular flexibility index (Phi) is 3.31. The van der Waals surface area contributed by atoms with Gasteiger partial charge in [0.1, 0.15) is 5.75 Å². The van der Waals surface area contributed by atoms with Crippen LogP contribution in [0.1, 0.15) is 0 Å². The van der Waals surface area contributed by atoms with Crippen molar-refractivity contribution in [2.75, 3.05) is 11.1 Å². The first-order valence-electron chi connectivity index (χ1n) is 6.18. The zero-order valence-electron chi connectivity index (χ0n) is 10.8. The number of fused-ring (bicyclic) bond motifs is 1. The minimum atomic E-state index is -2.89. The minimum absolute atomic E-state index is 0.0486. The molecule has 0 atom stereocenters. The molecule has 7 heteroatoms. The summed E-state index contributed by atoms with van der Waals surface area (Å²) in [7, 11) is 0. The predicted octanol–water partition coefficient (Wildman–Crippen LogP) is 3.49. The Morgan fingerprint density at radius 1 is 1.19 bits per heavy atom. The van der Waals surface area contributed by atoms with Crippen molar-refractivity contribution in [3.8, 4) is 5.75 Å². The number of nitrogens with one attached hydrogen (secondary N) is 2. The Balaban J connectivity index is 1.91. The van der Waals surface area contributed by atoms with Gasteiger partial charge in [0.2, 0.25) is 5.95 Å². The molecular formula is C14H12F2N4O. The second kappa shape index (κ2) is 5.28. The number of ether oxygens (including phenoxy) is 1. The zero-order valence-corrected chi connectivity index (χ0v) is 10.8. The molecule has 0 amide bonds. The Hall–Kier alpha value is -2.83. The number of aromatic nitrogens is 2. The van der Waals surface area contributed by atoms with Crippen molar-refractivity contribution in [1.82, 2.24) is 9.97 Å². The number of para-hydroxylation sites is 2. The molecule has 5 nitrogen and oxygen atoms in total. The molecule has 0 radical (unpaired) electrons. The second-order valence-electron chi connectivity index (χ2n) is 4.36. The summed E-state index contributed by atoms with van der Waals surface area (Å²) < 4.78 is 29.2. The number of benzene rings is 2. The van der Waals surface area contributed by atoms with Gasteiger partial charge in [-0.25, -0.2) is 4.98 Å². The van der Waals surface area contributed by atoms with Gasteiger partial charge in [0, 0.05) is 5.69 Å². The van der Waals surface area contributed by atoms with E-state index in [1.54, 1.807) is 36.4 Å². The number of halogens is 2. The van der Waals surface area contributed by atoms with E-state index in [-0.39, 0.29) is 5.75 Å². The Bertz CT molecular complexity index is 773. The van der Waals surface area contributed by atoms with Crippen LogP contribution in [0.4, 0.5) is 26.1 Å². The van der Waals surface area contributed by atoms with E-state index >= 15 is 0 Å². The molecule has 1 aromatic heterocycles. The highest BCUT2D eigenvalue weighted by Gasteiger charge is 2.10. The van der Waals surface area contributed by atoms with Gasteiger partial charge in [-0.05, 0) is 30.3 Å². The highest BCUT2D eigenvalue weighted by Crippen LogP contribution is 2.28. The predicted molar refractivity (Wildman–Crippen MR) is 76.9 cm³/mol. The van der Waals surface area contributed by atoms with Crippen molar-refractivity contribution in [2.24, 2.45) is 0 Å². The number of aromatic amines is 1. The van der Waals surface area contributed by atoms with E-state index < -0.39 is 6.61 Å². The fraction of sp³-hybridized carbons (Fsp3) is 0.0714. The van der Waals surface area contributed by atoms with Crippen LogP contribution < -0.4 is 15.8 Å². The number of anilines is 3. The van der Waals surface area contributed by atoms with Crippen LogP contribution in [0.2, 0.25) is 0 Å². The third-order valence-corrected chi connectivity index (χ3v) is 2.86. The van der Waals surface area contributed by atoms with Gasteiger partial charge < -0.3 is 20.8 Å². The quantitative estimate of drug-likeness (QED) is 0.643. The molecule has 3 rings (SSSR count). The van der Waals surface area contributed by atoms with E-state index in [2.05, 4.69) is 20.0 Å². The summed E-state index contributed by atoms with van der Waals surface area (Å²) in [5.41, 5.74) is 8.17. The number of nitrogens with two attached hydrogens (primary N) is 1. The summed E-state index contributed by atoms with van der Waals surface area (Å²) in [6.07, 6.45) is 0. The lowest BCUT2D eigenvalue weighted by Crippen LogP contribution is -2.04. The van der Waals surface area contributed by atoms with E-state index in [0.717, 1.165) is 11.0 Å². The molecule has 21 heavy (non-hydrogen) atoms. The molecule has 3 aromatic rings. The molecule has 0 saturated heterocycles. The van der Waals surface area contributed by atoms with Crippen molar-refractivity contribution in [3.05, 3.63) is 42.5 Å². The second-order valence-corrected chi connectivity index (χ2v) is 4.36. The smallest absolute Gasteiger partial charge is 0.387 e.